The Balaban J connectivity index is 1.72. The molecule has 5 heteroatoms. The number of nitrogens with zero attached hydrogens (tertiary/aromatic N) is 1. The van der Waals surface area contributed by atoms with Gasteiger partial charge in [-0.15, -0.1) is 0 Å². The number of nitrogens with two attached hydrogens (primary N) is 1. The maximum Gasteiger partial charge on any atom is 0.340 e. The van der Waals surface area contributed by atoms with Crippen LogP contribution in [0.15, 0.2) is 60.8 Å². The van der Waals surface area contributed by atoms with E-state index in [1.54, 1.807) is 12.1 Å². The molecular weight excluding hydrogens is 408 g/mol. The lowest BCUT2D eigenvalue weighted by Crippen LogP contribution is -2.94. The van der Waals surface area contributed by atoms with Crippen LogP contribution in [0, 0.1) is 11.8 Å². The number of halogens is 1. The summed E-state index contributed by atoms with van der Waals surface area (Å²) in [6.45, 7) is 5.60. The molecule has 1 fully saturated rings. The number of hydrogen-bond donors (Lipinski definition) is 1. The van der Waals surface area contributed by atoms with Crippen molar-refractivity contribution < 1.29 is 14.8 Å². The third-order valence-electron chi connectivity index (χ3n) is 6.74. The summed E-state index contributed by atoms with van der Waals surface area (Å²) in [5, 5.41) is 3.82. The number of aromatic nitrogens is 1. The van der Waals surface area contributed by atoms with Crippen LogP contribution >= 0.6 is 11.6 Å². The van der Waals surface area contributed by atoms with Gasteiger partial charge in [0.2, 0.25) is 0 Å². The van der Waals surface area contributed by atoms with Crippen molar-refractivity contribution in [2.75, 3.05) is 6.54 Å². The van der Waals surface area contributed by atoms with E-state index in [1.165, 1.54) is 6.42 Å². The standard InChI is InChI=1S/C26H29ClN2O2/c1-3-17-15-24(29-16-18(17)4-2)25(31-26(30)21-10-5-7-11-22(21)27)20-13-14-28-23-12-8-6-9-19(20)23/h5-14,17-18,24-25,29H,3-4,15-16H2,1-2H3/p+1/t17-,18-,24-,25-/m0/s1. The lowest BCUT2D eigenvalue weighted by Gasteiger charge is -2.37. The summed E-state index contributed by atoms with van der Waals surface area (Å²) in [5.74, 6) is 0.959. The van der Waals surface area contributed by atoms with E-state index in [4.69, 9.17) is 16.3 Å². The molecular formula is C26H30ClN2O2+. The number of carbonyl (C=O) groups excluding carboxylic acids is 1. The summed E-state index contributed by atoms with van der Waals surface area (Å²) in [4.78, 5) is 17.7. The minimum absolute atomic E-state index is 0.157. The van der Waals surface area contributed by atoms with Gasteiger partial charge in [0.25, 0.3) is 0 Å². The first-order valence-electron chi connectivity index (χ1n) is 11.2. The van der Waals surface area contributed by atoms with Crippen molar-refractivity contribution in [1.29, 1.82) is 0 Å². The molecule has 0 saturated carbocycles. The zero-order valence-electron chi connectivity index (χ0n) is 18.1. The molecule has 2 N–H and O–H groups in total. The van der Waals surface area contributed by atoms with Crippen molar-refractivity contribution in [3.63, 3.8) is 0 Å². The highest BCUT2D eigenvalue weighted by Crippen LogP contribution is 2.34. The molecule has 1 aromatic heterocycles. The Kier molecular flexibility index (Phi) is 6.89. The Morgan fingerprint density at radius 1 is 1.10 bits per heavy atom. The zero-order valence-corrected chi connectivity index (χ0v) is 18.9. The van der Waals surface area contributed by atoms with Crippen LogP contribution in [0.1, 0.15) is 55.1 Å². The maximum atomic E-state index is 13.2. The first-order valence-corrected chi connectivity index (χ1v) is 11.6. The summed E-state index contributed by atoms with van der Waals surface area (Å²) in [6, 6.07) is 17.3. The van der Waals surface area contributed by atoms with Gasteiger partial charge in [-0.1, -0.05) is 62.2 Å². The average molecular weight is 438 g/mol. The molecule has 31 heavy (non-hydrogen) atoms. The van der Waals surface area contributed by atoms with Gasteiger partial charge in [0, 0.05) is 29.5 Å². The van der Waals surface area contributed by atoms with E-state index < -0.39 is 0 Å². The van der Waals surface area contributed by atoms with Crippen LogP contribution < -0.4 is 5.32 Å². The highest BCUT2D eigenvalue weighted by atomic mass is 35.5. The molecule has 4 atom stereocenters. The molecule has 162 valence electrons. The molecule has 4 rings (SSSR count). The number of quaternary nitrogens is 1. The fourth-order valence-electron chi connectivity index (χ4n) is 4.98. The molecule has 2 aromatic carbocycles. The fraction of sp³-hybridized carbons (Fsp3) is 0.385. The lowest BCUT2D eigenvalue weighted by molar-refractivity contribution is -0.714. The number of esters is 1. The van der Waals surface area contributed by atoms with Crippen molar-refractivity contribution in [2.24, 2.45) is 11.8 Å². The van der Waals surface area contributed by atoms with Gasteiger partial charge in [-0.2, -0.15) is 0 Å². The molecule has 0 bridgehead atoms. The van der Waals surface area contributed by atoms with Gasteiger partial charge in [-0.05, 0) is 36.6 Å². The molecule has 2 heterocycles. The van der Waals surface area contributed by atoms with Gasteiger partial charge in [0.15, 0.2) is 6.10 Å². The second-order valence-corrected chi connectivity index (χ2v) is 8.84. The molecule has 4 nitrogen and oxygen atoms in total. The number of rotatable bonds is 6. The third kappa shape index (κ3) is 4.60. The van der Waals surface area contributed by atoms with Gasteiger partial charge in [-0.25, -0.2) is 4.79 Å². The van der Waals surface area contributed by atoms with E-state index in [2.05, 4.69) is 30.2 Å². The molecule has 3 aromatic rings. The van der Waals surface area contributed by atoms with Crippen LogP contribution in [0.2, 0.25) is 5.02 Å². The van der Waals surface area contributed by atoms with Gasteiger partial charge in [-0.3, -0.25) is 4.98 Å². The maximum absolute atomic E-state index is 13.2. The van der Waals surface area contributed by atoms with E-state index in [0.717, 1.165) is 35.9 Å². The van der Waals surface area contributed by atoms with Crippen LogP contribution in [0.4, 0.5) is 0 Å². The number of benzene rings is 2. The predicted octanol–water partition coefficient (Wildman–Crippen LogP) is 5.17. The molecule has 0 amide bonds. The first-order chi connectivity index (χ1) is 15.1. The Labute approximate surface area is 189 Å². The second-order valence-electron chi connectivity index (χ2n) is 8.43. The molecule has 0 unspecified atom stereocenters. The minimum Gasteiger partial charge on any atom is -0.447 e. The normalized spacial score (nSPS) is 22.2. The highest BCUT2D eigenvalue weighted by molar-refractivity contribution is 6.33. The van der Waals surface area contributed by atoms with E-state index in [1.807, 2.05) is 42.6 Å². The summed E-state index contributed by atoms with van der Waals surface area (Å²) in [5.41, 5.74) is 2.33. The lowest BCUT2D eigenvalue weighted by atomic mass is 9.77. The van der Waals surface area contributed by atoms with Crippen molar-refractivity contribution in [3.05, 3.63) is 76.9 Å². The number of hydrogen-bond acceptors (Lipinski definition) is 3. The Morgan fingerprint density at radius 3 is 2.61 bits per heavy atom. The highest BCUT2D eigenvalue weighted by Gasteiger charge is 2.39. The molecule has 1 aliphatic rings. The van der Waals surface area contributed by atoms with Gasteiger partial charge >= 0.3 is 5.97 Å². The Bertz CT molecular complexity index is 1050. The van der Waals surface area contributed by atoms with Crippen molar-refractivity contribution >= 4 is 28.5 Å². The summed E-state index contributed by atoms with van der Waals surface area (Å²) < 4.78 is 6.23. The third-order valence-corrected chi connectivity index (χ3v) is 7.07. The molecule has 0 aliphatic carbocycles. The Hall–Kier alpha value is -2.43. The molecule has 1 saturated heterocycles. The quantitative estimate of drug-likeness (QED) is 0.541. The molecule has 0 spiro atoms. The van der Waals surface area contributed by atoms with E-state index in [0.29, 0.717) is 22.4 Å². The smallest absolute Gasteiger partial charge is 0.340 e. The monoisotopic (exact) mass is 437 g/mol. The van der Waals surface area contributed by atoms with Crippen molar-refractivity contribution in [3.8, 4) is 0 Å². The number of pyridine rings is 1. The summed E-state index contributed by atoms with van der Waals surface area (Å²) in [6.07, 6.45) is 4.79. The second kappa shape index (κ2) is 9.80. The van der Waals surface area contributed by atoms with Crippen LogP contribution in [-0.4, -0.2) is 23.5 Å². The fourth-order valence-corrected chi connectivity index (χ4v) is 5.19. The van der Waals surface area contributed by atoms with Crippen molar-refractivity contribution in [2.45, 2.75) is 45.3 Å². The van der Waals surface area contributed by atoms with Crippen LogP contribution in [0.5, 0.6) is 0 Å². The first kappa shape index (κ1) is 21.8. The van der Waals surface area contributed by atoms with Crippen LogP contribution in [-0.2, 0) is 4.74 Å². The SMILES string of the molecule is CC[C@H]1C[NH2+][C@H]([C@@H](OC(=O)c2ccccc2Cl)c2ccnc3ccccc23)C[C@@H]1CC. The van der Waals surface area contributed by atoms with E-state index in [9.17, 15) is 4.79 Å². The van der Waals surface area contributed by atoms with E-state index >= 15 is 0 Å². The molecule has 0 radical (unpaired) electrons. The summed E-state index contributed by atoms with van der Waals surface area (Å²) >= 11 is 6.29. The predicted molar refractivity (Wildman–Crippen MR) is 124 cm³/mol. The van der Waals surface area contributed by atoms with Crippen LogP contribution in [0.25, 0.3) is 10.9 Å². The minimum atomic E-state index is -0.379. The van der Waals surface area contributed by atoms with E-state index in [-0.39, 0.29) is 18.1 Å². The zero-order chi connectivity index (χ0) is 21.8. The average Bonchev–Trinajstić information content (AvgIpc) is 2.82. The van der Waals surface area contributed by atoms with Gasteiger partial charge in [0.1, 0.15) is 6.04 Å². The van der Waals surface area contributed by atoms with Crippen LogP contribution in [0.3, 0.4) is 0 Å². The Morgan fingerprint density at radius 2 is 1.84 bits per heavy atom. The van der Waals surface area contributed by atoms with Crippen molar-refractivity contribution in [1.82, 2.24) is 4.98 Å². The summed E-state index contributed by atoms with van der Waals surface area (Å²) in [7, 11) is 0. The topological polar surface area (TPSA) is 55.8 Å². The molecule has 1 aliphatic heterocycles. The largest absolute Gasteiger partial charge is 0.447 e. The number of carbonyl (C=O) groups is 1. The number of para-hydroxylation sites is 1. The number of ether oxygens (including phenoxy) is 1. The number of piperidine rings is 1. The van der Waals surface area contributed by atoms with Gasteiger partial charge in [0.05, 0.1) is 22.6 Å². The van der Waals surface area contributed by atoms with Gasteiger partial charge < -0.3 is 10.1 Å². The number of fused-ring (bicyclic) bond motifs is 1.